The summed E-state index contributed by atoms with van der Waals surface area (Å²) >= 11 is 0. The van der Waals surface area contributed by atoms with E-state index in [1.807, 2.05) is 0 Å². The van der Waals surface area contributed by atoms with E-state index in [1.54, 1.807) is 24.3 Å². The molecule has 0 atom stereocenters. The highest BCUT2D eigenvalue weighted by atomic mass is 16.3. The molecular formula is C12H8N2O5. The number of rotatable bonds is 3. The van der Waals surface area contributed by atoms with Crippen molar-refractivity contribution in [1.29, 1.82) is 0 Å². The Morgan fingerprint density at radius 2 is 2.00 bits per heavy atom. The van der Waals surface area contributed by atoms with E-state index in [1.165, 1.54) is 0 Å². The van der Waals surface area contributed by atoms with Gasteiger partial charge in [0.1, 0.15) is 12.1 Å². The molecule has 2 amide bonds. The van der Waals surface area contributed by atoms with Crippen LogP contribution in [0, 0.1) is 4.91 Å². The molecule has 7 nitrogen and oxygen atoms in total. The fourth-order valence-electron chi connectivity index (χ4n) is 1.49. The van der Waals surface area contributed by atoms with Gasteiger partial charge in [-0.1, -0.05) is 12.1 Å². The Balaban J connectivity index is 2.30. The summed E-state index contributed by atoms with van der Waals surface area (Å²) in [4.78, 5) is 43.8. The van der Waals surface area contributed by atoms with Crippen molar-refractivity contribution in [3.63, 3.8) is 0 Å². The first-order valence-electron chi connectivity index (χ1n) is 5.29. The summed E-state index contributed by atoms with van der Waals surface area (Å²) in [7, 11) is 0. The van der Waals surface area contributed by atoms with Crippen molar-refractivity contribution in [1.82, 2.24) is 5.32 Å². The van der Waals surface area contributed by atoms with Crippen LogP contribution in [0.5, 0.6) is 0 Å². The zero-order valence-electron chi connectivity index (χ0n) is 9.58. The number of amides is 2. The first-order chi connectivity index (χ1) is 9.11. The summed E-state index contributed by atoms with van der Waals surface area (Å²) in [5.41, 5.74) is -0.105. The van der Waals surface area contributed by atoms with Gasteiger partial charge in [-0.15, -0.1) is 4.91 Å². The SMILES string of the molecule is O=NC(=O)CNC(=O)c1cc(=O)c2ccccc2o1. The van der Waals surface area contributed by atoms with Gasteiger partial charge in [-0.05, 0) is 12.1 Å². The fraction of sp³-hybridized carbons (Fsp3) is 0.0833. The second-order valence-corrected chi connectivity index (χ2v) is 3.64. The topological polar surface area (TPSA) is 106 Å². The zero-order valence-corrected chi connectivity index (χ0v) is 9.58. The Bertz CT molecular complexity index is 719. The van der Waals surface area contributed by atoms with Gasteiger partial charge in [-0.25, -0.2) is 0 Å². The van der Waals surface area contributed by atoms with Crippen molar-refractivity contribution in [2.24, 2.45) is 5.18 Å². The molecule has 0 aliphatic carbocycles. The fourth-order valence-corrected chi connectivity index (χ4v) is 1.49. The summed E-state index contributed by atoms with van der Waals surface area (Å²) in [5.74, 6) is -2.02. The lowest BCUT2D eigenvalue weighted by molar-refractivity contribution is -0.117. The molecule has 0 aliphatic rings. The highest BCUT2D eigenvalue weighted by molar-refractivity contribution is 5.95. The molecule has 0 spiro atoms. The molecule has 96 valence electrons. The Labute approximate surface area is 106 Å². The van der Waals surface area contributed by atoms with E-state index in [0.717, 1.165) is 6.07 Å². The number of para-hydroxylation sites is 1. The van der Waals surface area contributed by atoms with E-state index in [4.69, 9.17) is 4.42 Å². The molecule has 19 heavy (non-hydrogen) atoms. The molecule has 0 unspecified atom stereocenters. The maximum absolute atomic E-state index is 11.7. The zero-order chi connectivity index (χ0) is 13.8. The van der Waals surface area contributed by atoms with Gasteiger partial charge in [-0.2, -0.15) is 0 Å². The van der Waals surface area contributed by atoms with E-state index >= 15 is 0 Å². The second-order valence-electron chi connectivity index (χ2n) is 3.64. The van der Waals surface area contributed by atoms with Crippen molar-refractivity contribution in [3.8, 4) is 0 Å². The predicted molar refractivity (Wildman–Crippen MR) is 65.6 cm³/mol. The summed E-state index contributed by atoms with van der Waals surface area (Å²) in [5, 5.41) is 4.60. The highest BCUT2D eigenvalue weighted by Crippen LogP contribution is 2.11. The van der Waals surface area contributed by atoms with E-state index in [2.05, 4.69) is 10.5 Å². The van der Waals surface area contributed by atoms with Crippen LogP contribution in [0.25, 0.3) is 11.0 Å². The Morgan fingerprint density at radius 1 is 1.26 bits per heavy atom. The van der Waals surface area contributed by atoms with Gasteiger partial charge in [0.2, 0.25) is 0 Å². The standard InChI is InChI=1S/C12H8N2O5/c15-8-5-10(12(17)13-6-11(16)14-18)19-9-4-2-1-3-7(8)9/h1-5H,6H2,(H,13,17). The third-order valence-corrected chi connectivity index (χ3v) is 2.36. The quantitative estimate of drug-likeness (QED) is 0.822. The first kappa shape index (κ1) is 12.6. The molecule has 1 N–H and O–H groups in total. The molecule has 0 saturated heterocycles. The lowest BCUT2D eigenvalue weighted by Gasteiger charge is -2.02. The van der Waals surface area contributed by atoms with Gasteiger partial charge in [0, 0.05) is 11.2 Å². The van der Waals surface area contributed by atoms with Gasteiger partial charge >= 0.3 is 5.91 Å². The predicted octanol–water partition coefficient (Wildman–Crippen LogP) is 0.816. The van der Waals surface area contributed by atoms with Gasteiger partial charge in [0.05, 0.1) is 5.39 Å². The molecule has 1 aromatic heterocycles. The van der Waals surface area contributed by atoms with Crippen LogP contribution in [0.4, 0.5) is 0 Å². The first-order valence-corrected chi connectivity index (χ1v) is 5.29. The van der Waals surface area contributed by atoms with E-state index < -0.39 is 18.4 Å². The van der Waals surface area contributed by atoms with Crippen LogP contribution in [0.15, 0.2) is 44.7 Å². The molecule has 2 aromatic rings. The Morgan fingerprint density at radius 3 is 2.74 bits per heavy atom. The molecule has 0 bridgehead atoms. The summed E-state index contributed by atoms with van der Waals surface area (Å²) in [6, 6.07) is 7.48. The van der Waals surface area contributed by atoms with Crippen LogP contribution in [-0.4, -0.2) is 18.4 Å². The van der Waals surface area contributed by atoms with Crippen molar-refractivity contribution >= 4 is 22.8 Å². The minimum absolute atomic E-state index is 0.234. The maximum Gasteiger partial charge on any atom is 0.305 e. The van der Waals surface area contributed by atoms with Crippen LogP contribution in [0.1, 0.15) is 10.6 Å². The summed E-state index contributed by atoms with van der Waals surface area (Å²) < 4.78 is 5.24. The van der Waals surface area contributed by atoms with E-state index in [0.29, 0.717) is 5.39 Å². The van der Waals surface area contributed by atoms with Crippen LogP contribution in [0.2, 0.25) is 0 Å². The van der Waals surface area contributed by atoms with Crippen LogP contribution in [-0.2, 0) is 4.79 Å². The van der Waals surface area contributed by atoms with Crippen LogP contribution >= 0.6 is 0 Å². The Hall–Kier alpha value is -2.83. The van der Waals surface area contributed by atoms with E-state index in [-0.39, 0.29) is 16.8 Å². The summed E-state index contributed by atoms with van der Waals surface area (Å²) in [6.07, 6.45) is 0. The van der Waals surface area contributed by atoms with Crippen molar-refractivity contribution in [2.75, 3.05) is 6.54 Å². The smallest absolute Gasteiger partial charge is 0.305 e. The highest BCUT2D eigenvalue weighted by Gasteiger charge is 2.13. The number of nitrogens with zero attached hydrogens (tertiary/aromatic N) is 1. The third kappa shape index (κ3) is 2.71. The molecule has 0 radical (unpaired) electrons. The number of hydrogen-bond donors (Lipinski definition) is 1. The van der Waals surface area contributed by atoms with Crippen LogP contribution < -0.4 is 10.7 Å². The number of benzene rings is 1. The van der Waals surface area contributed by atoms with Crippen molar-refractivity contribution in [2.45, 2.75) is 0 Å². The largest absolute Gasteiger partial charge is 0.451 e. The molecule has 7 heteroatoms. The number of nitroso groups, excluding NO2 is 1. The molecule has 2 rings (SSSR count). The average Bonchev–Trinajstić information content (AvgIpc) is 2.44. The number of fused-ring (bicyclic) bond motifs is 1. The molecule has 0 fully saturated rings. The van der Waals surface area contributed by atoms with Gasteiger partial charge in [0.15, 0.2) is 11.2 Å². The number of carbonyl (C=O) groups excluding carboxylic acids is 2. The molecule has 0 saturated carbocycles. The lowest BCUT2D eigenvalue weighted by Crippen LogP contribution is -2.29. The Kier molecular flexibility index (Phi) is 3.46. The van der Waals surface area contributed by atoms with Crippen molar-refractivity contribution < 1.29 is 14.0 Å². The monoisotopic (exact) mass is 260 g/mol. The molecule has 1 heterocycles. The third-order valence-electron chi connectivity index (χ3n) is 2.36. The normalized spacial score (nSPS) is 10.1. The van der Waals surface area contributed by atoms with Gasteiger partial charge < -0.3 is 9.73 Å². The molecule has 0 aliphatic heterocycles. The number of hydrogen-bond acceptors (Lipinski definition) is 5. The minimum atomic E-state index is -1.02. The van der Waals surface area contributed by atoms with E-state index in [9.17, 15) is 19.3 Å². The minimum Gasteiger partial charge on any atom is -0.451 e. The summed E-state index contributed by atoms with van der Waals surface area (Å²) in [6.45, 7) is -0.543. The van der Waals surface area contributed by atoms with Crippen LogP contribution in [0.3, 0.4) is 0 Å². The second kappa shape index (κ2) is 5.21. The molecular weight excluding hydrogens is 252 g/mol. The maximum atomic E-state index is 11.7. The number of carbonyl (C=O) groups is 2. The van der Waals surface area contributed by atoms with Gasteiger partial charge in [0.25, 0.3) is 5.91 Å². The number of nitrogens with one attached hydrogen (secondary N) is 1. The van der Waals surface area contributed by atoms with Gasteiger partial charge in [-0.3, -0.25) is 14.4 Å². The average molecular weight is 260 g/mol. The lowest BCUT2D eigenvalue weighted by atomic mass is 10.2. The molecule has 1 aromatic carbocycles. The van der Waals surface area contributed by atoms with Crippen molar-refractivity contribution in [3.05, 3.63) is 51.2 Å².